The first-order chi connectivity index (χ1) is 13.3. The number of nitrogens with one attached hydrogen (secondary N) is 2. The first-order valence-corrected chi connectivity index (χ1v) is 10.7. The predicted octanol–water partition coefficient (Wildman–Crippen LogP) is 3.23. The molecule has 0 radical (unpaired) electrons. The lowest BCUT2D eigenvalue weighted by atomic mass is 10.1. The summed E-state index contributed by atoms with van der Waals surface area (Å²) < 4.78 is 0. The zero-order valence-electron chi connectivity index (χ0n) is 17.3. The van der Waals surface area contributed by atoms with E-state index in [-0.39, 0.29) is 24.0 Å². The van der Waals surface area contributed by atoms with Crippen molar-refractivity contribution in [2.75, 3.05) is 51.2 Å². The largest absolute Gasteiger partial charge is 0.357 e. The van der Waals surface area contributed by atoms with E-state index in [0.717, 1.165) is 44.5 Å². The predicted molar refractivity (Wildman–Crippen MR) is 129 cm³/mol. The highest BCUT2D eigenvalue weighted by atomic mass is 127. The summed E-state index contributed by atoms with van der Waals surface area (Å²) in [6.07, 6.45) is 11.2. The third-order valence-corrected chi connectivity index (χ3v) is 5.59. The molecule has 1 aromatic rings. The van der Waals surface area contributed by atoms with Crippen molar-refractivity contribution in [1.29, 1.82) is 0 Å². The second-order valence-corrected chi connectivity index (χ2v) is 7.68. The number of hydrogen-bond donors (Lipinski definition) is 2. The van der Waals surface area contributed by atoms with Crippen molar-refractivity contribution < 1.29 is 0 Å². The van der Waals surface area contributed by atoms with Crippen molar-refractivity contribution in [3.05, 3.63) is 23.9 Å². The fourth-order valence-electron chi connectivity index (χ4n) is 3.97. The van der Waals surface area contributed by atoms with Gasteiger partial charge in [-0.05, 0) is 56.5 Å². The van der Waals surface area contributed by atoms with E-state index in [1.807, 2.05) is 13.2 Å². The smallest absolute Gasteiger partial charge is 0.191 e. The molecule has 2 fully saturated rings. The minimum absolute atomic E-state index is 0. The number of pyridine rings is 1. The number of nitrogens with zero attached hydrogens (tertiary/aromatic N) is 4. The Hall–Kier alpha value is -1.09. The molecular weight excluding hydrogens is 463 g/mol. The lowest BCUT2D eigenvalue weighted by Crippen LogP contribution is -2.42. The molecule has 3 heterocycles. The molecule has 0 atom stereocenters. The molecule has 0 amide bonds. The van der Waals surface area contributed by atoms with Gasteiger partial charge in [-0.25, -0.2) is 4.98 Å². The van der Waals surface area contributed by atoms with Crippen LogP contribution in [0.1, 0.15) is 50.5 Å². The van der Waals surface area contributed by atoms with Crippen molar-refractivity contribution in [1.82, 2.24) is 20.5 Å². The Labute approximate surface area is 187 Å². The van der Waals surface area contributed by atoms with Crippen molar-refractivity contribution in [3.8, 4) is 0 Å². The molecule has 0 aromatic carbocycles. The van der Waals surface area contributed by atoms with Gasteiger partial charge < -0.3 is 20.4 Å². The molecular formula is C21H37IN6. The van der Waals surface area contributed by atoms with Crippen LogP contribution < -0.4 is 15.5 Å². The van der Waals surface area contributed by atoms with Crippen LogP contribution in [0.3, 0.4) is 0 Å². The maximum absolute atomic E-state index is 4.60. The van der Waals surface area contributed by atoms with Gasteiger partial charge in [0.25, 0.3) is 0 Å². The van der Waals surface area contributed by atoms with Crippen LogP contribution in [0.5, 0.6) is 0 Å². The summed E-state index contributed by atoms with van der Waals surface area (Å²) in [6, 6.07) is 4.31. The van der Waals surface area contributed by atoms with Crippen LogP contribution in [0.2, 0.25) is 0 Å². The average Bonchev–Trinajstić information content (AvgIpc) is 3.01. The van der Waals surface area contributed by atoms with Crippen LogP contribution in [-0.4, -0.2) is 62.2 Å². The number of aliphatic imine (C=N–C) groups is 1. The van der Waals surface area contributed by atoms with Gasteiger partial charge in [-0.2, -0.15) is 0 Å². The Morgan fingerprint density at radius 2 is 1.68 bits per heavy atom. The van der Waals surface area contributed by atoms with Crippen molar-refractivity contribution in [3.63, 3.8) is 0 Å². The molecule has 3 rings (SSSR count). The number of rotatable bonds is 6. The monoisotopic (exact) mass is 500 g/mol. The summed E-state index contributed by atoms with van der Waals surface area (Å²) in [6.45, 7) is 7.54. The maximum atomic E-state index is 4.60. The standard InChI is InChI=1S/C21H36N6.HI/c1-22-21(24-11-16-26-12-5-4-6-13-26)25-18-19-9-10-23-20(17-19)27-14-7-2-3-8-15-27;/h9-10,17H,2-8,11-16,18H2,1H3,(H2,22,24,25);1H. The van der Waals surface area contributed by atoms with E-state index in [1.165, 1.54) is 63.6 Å². The first kappa shape index (κ1) is 23.2. The average molecular weight is 500 g/mol. The minimum atomic E-state index is 0. The van der Waals surface area contributed by atoms with Crippen LogP contribution in [0, 0.1) is 0 Å². The molecule has 2 aliphatic heterocycles. The second-order valence-electron chi connectivity index (χ2n) is 7.68. The number of hydrogen-bond acceptors (Lipinski definition) is 4. The Balaban J connectivity index is 0.00000280. The Morgan fingerprint density at radius 3 is 2.39 bits per heavy atom. The number of aromatic nitrogens is 1. The van der Waals surface area contributed by atoms with Crippen molar-refractivity contribution >= 4 is 35.8 Å². The van der Waals surface area contributed by atoms with Crippen molar-refractivity contribution in [2.45, 2.75) is 51.5 Å². The van der Waals surface area contributed by atoms with Gasteiger partial charge in [-0.3, -0.25) is 4.99 Å². The van der Waals surface area contributed by atoms with Gasteiger partial charge in [0.2, 0.25) is 0 Å². The van der Waals surface area contributed by atoms with Gasteiger partial charge in [-0.15, -0.1) is 24.0 Å². The SMILES string of the molecule is CN=C(NCCN1CCCCC1)NCc1ccnc(N2CCCCCC2)c1.I. The molecule has 2 saturated heterocycles. The van der Waals surface area contributed by atoms with Crippen LogP contribution in [0.25, 0.3) is 0 Å². The van der Waals surface area contributed by atoms with Crippen LogP contribution in [0.15, 0.2) is 23.3 Å². The van der Waals surface area contributed by atoms with Gasteiger partial charge in [0, 0.05) is 46.0 Å². The first-order valence-electron chi connectivity index (χ1n) is 10.7. The van der Waals surface area contributed by atoms with Crippen LogP contribution >= 0.6 is 24.0 Å². The maximum Gasteiger partial charge on any atom is 0.191 e. The van der Waals surface area contributed by atoms with Gasteiger partial charge in [-0.1, -0.05) is 19.3 Å². The Bertz CT molecular complexity index is 580. The molecule has 7 heteroatoms. The van der Waals surface area contributed by atoms with E-state index in [2.05, 4.69) is 42.5 Å². The van der Waals surface area contributed by atoms with E-state index in [4.69, 9.17) is 0 Å². The Kier molecular flexibility index (Phi) is 10.9. The molecule has 2 N–H and O–H groups in total. The summed E-state index contributed by atoms with van der Waals surface area (Å²) in [7, 11) is 1.84. The molecule has 2 aliphatic rings. The summed E-state index contributed by atoms with van der Waals surface area (Å²) in [5.41, 5.74) is 1.25. The van der Waals surface area contributed by atoms with E-state index in [9.17, 15) is 0 Å². The molecule has 6 nitrogen and oxygen atoms in total. The zero-order valence-corrected chi connectivity index (χ0v) is 19.7. The second kappa shape index (κ2) is 13.2. The molecule has 0 aliphatic carbocycles. The summed E-state index contributed by atoms with van der Waals surface area (Å²) in [5, 5.41) is 6.88. The molecule has 0 saturated carbocycles. The third-order valence-electron chi connectivity index (χ3n) is 5.59. The van der Waals surface area contributed by atoms with E-state index < -0.39 is 0 Å². The molecule has 0 spiro atoms. The molecule has 158 valence electrons. The molecule has 0 unspecified atom stereocenters. The van der Waals surface area contributed by atoms with Crippen LogP contribution in [0.4, 0.5) is 5.82 Å². The van der Waals surface area contributed by atoms with Gasteiger partial charge >= 0.3 is 0 Å². The van der Waals surface area contributed by atoms with Crippen LogP contribution in [-0.2, 0) is 6.54 Å². The van der Waals surface area contributed by atoms with E-state index in [1.54, 1.807) is 0 Å². The number of piperidine rings is 1. The van der Waals surface area contributed by atoms with Gasteiger partial charge in [0.1, 0.15) is 5.82 Å². The molecule has 28 heavy (non-hydrogen) atoms. The third kappa shape index (κ3) is 7.73. The lowest BCUT2D eigenvalue weighted by Gasteiger charge is -2.26. The highest BCUT2D eigenvalue weighted by Gasteiger charge is 2.12. The van der Waals surface area contributed by atoms with Gasteiger partial charge in [0.15, 0.2) is 5.96 Å². The fourth-order valence-corrected chi connectivity index (χ4v) is 3.97. The number of guanidine groups is 1. The van der Waals surface area contributed by atoms with Crippen molar-refractivity contribution in [2.24, 2.45) is 4.99 Å². The minimum Gasteiger partial charge on any atom is -0.357 e. The molecule has 1 aromatic heterocycles. The normalized spacial score (nSPS) is 18.9. The number of likely N-dealkylation sites (tertiary alicyclic amines) is 1. The summed E-state index contributed by atoms with van der Waals surface area (Å²) in [4.78, 5) is 13.9. The van der Waals surface area contributed by atoms with Gasteiger partial charge in [0.05, 0.1) is 0 Å². The summed E-state index contributed by atoms with van der Waals surface area (Å²) in [5.74, 6) is 1.99. The zero-order chi connectivity index (χ0) is 18.7. The topological polar surface area (TPSA) is 55.8 Å². The highest BCUT2D eigenvalue weighted by Crippen LogP contribution is 2.18. The quantitative estimate of drug-likeness (QED) is 0.357. The Morgan fingerprint density at radius 1 is 1.00 bits per heavy atom. The summed E-state index contributed by atoms with van der Waals surface area (Å²) >= 11 is 0. The highest BCUT2D eigenvalue weighted by molar-refractivity contribution is 14.0. The van der Waals surface area contributed by atoms with E-state index >= 15 is 0 Å². The number of halogens is 1. The fraction of sp³-hybridized carbons (Fsp3) is 0.714. The number of anilines is 1. The lowest BCUT2D eigenvalue weighted by molar-refractivity contribution is 0.232. The van der Waals surface area contributed by atoms with E-state index in [0.29, 0.717) is 0 Å². The molecule has 0 bridgehead atoms.